The Bertz CT molecular complexity index is 795. The Kier molecular flexibility index (Phi) is 5.41. The van der Waals surface area contributed by atoms with Crippen molar-refractivity contribution in [3.63, 3.8) is 0 Å². The highest BCUT2D eigenvalue weighted by molar-refractivity contribution is 5.67. The third kappa shape index (κ3) is 3.24. The molecule has 0 amide bonds. The van der Waals surface area contributed by atoms with E-state index in [9.17, 15) is 14.7 Å². The first-order chi connectivity index (χ1) is 14.1. The molecule has 3 unspecified atom stereocenters. The molecule has 0 aromatic rings. The van der Waals surface area contributed by atoms with Gasteiger partial charge in [0.2, 0.25) is 0 Å². The Hall–Kier alpha value is -1.62. The summed E-state index contributed by atoms with van der Waals surface area (Å²) in [5, 5.41) is 10.4. The zero-order valence-corrected chi connectivity index (χ0v) is 18.9. The maximum atomic E-state index is 12.0. The summed E-state index contributed by atoms with van der Waals surface area (Å²) in [6.07, 6.45) is 9.23. The van der Waals surface area contributed by atoms with Gasteiger partial charge in [0.15, 0.2) is 0 Å². The van der Waals surface area contributed by atoms with Crippen LogP contribution in [0.15, 0.2) is 23.3 Å². The van der Waals surface area contributed by atoms with Crippen LogP contribution >= 0.6 is 0 Å². The Morgan fingerprint density at radius 1 is 1.07 bits per heavy atom. The summed E-state index contributed by atoms with van der Waals surface area (Å²) >= 11 is 0. The van der Waals surface area contributed by atoms with Gasteiger partial charge in [-0.3, -0.25) is 9.59 Å². The average Bonchev–Trinajstić information content (AvgIpc) is 2.99. The van der Waals surface area contributed by atoms with Crippen molar-refractivity contribution in [2.45, 2.75) is 91.5 Å². The predicted octanol–water partition coefficient (Wildman–Crippen LogP) is 4.34. The quantitative estimate of drug-likeness (QED) is 0.693. The molecule has 3 fully saturated rings. The Morgan fingerprint density at radius 2 is 1.77 bits per heavy atom. The van der Waals surface area contributed by atoms with E-state index in [1.165, 1.54) is 25.0 Å². The van der Waals surface area contributed by atoms with Crippen LogP contribution in [0.4, 0.5) is 0 Å². The smallest absolute Gasteiger partial charge is 0.302 e. The fourth-order valence-corrected chi connectivity index (χ4v) is 7.53. The van der Waals surface area contributed by atoms with Crippen LogP contribution in [0.25, 0.3) is 0 Å². The topological polar surface area (TPSA) is 72.8 Å². The largest absolute Gasteiger partial charge is 0.462 e. The normalized spacial score (nSPS) is 43.3. The van der Waals surface area contributed by atoms with Crippen molar-refractivity contribution in [3.8, 4) is 0 Å². The maximum Gasteiger partial charge on any atom is 0.302 e. The molecular formula is C25H36O5. The van der Waals surface area contributed by atoms with Crippen LogP contribution in [0.1, 0.15) is 73.1 Å². The molecule has 0 saturated heterocycles. The van der Waals surface area contributed by atoms with Crippen molar-refractivity contribution in [1.29, 1.82) is 0 Å². The number of esters is 2. The fraction of sp³-hybridized carbons (Fsp3) is 0.760. The molecular weight excluding hydrogens is 380 g/mol. The van der Waals surface area contributed by atoms with E-state index < -0.39 is 0 Å². The number of carbonyl (C=O) groups is 2. The van der Waals surface area contributed by atoms with E-state index in [0.717, 1.165) is 25.7 Å². The summed E-state index contributed by atoms with van der Waals surface area (Å²) in [4.78, 5) is 23.6. The van der Waals surface area contributed by atoms with E-state index in [4.69, 9.17) is 9.47 Å². The molecule has 1 N–H and O–H groups in total. The zero-order chi connectivity index (χ0) is 21.8. The monoisotopic (exact) mass is 416 g/mol. The predicted molar refractivity (Wildman–Crippen MR) is 113 cm³/mol. The molecule has 166 valence electrons. The van der Waals surface area contributed by atoms with Crippen molar-refractivity contribution in [1.82, 2.24) is 0 Å². The van der Waals surface area contributed by atoms with Crippen molar-refractivity contribution in [2.75, 3.05) is 0 Å². The van der Waals surface area contributed by atoms with E-state index >= 15 is 0 Å². The summed E-state index contributed by atoms with van der Waals surface area (Å²) in [5.41, 5.74) is 2.57. The SMILES string of the molecule is CC(=O)OC1CC2=CC=C3[C@@H]4CC[C@H](C(C)O)[C@@]4(C)CC[C@@H]3[C@@]2(C)C(OC(C)=O)C1. The van der Waals surface area contributed by atoms with Gasteiger partial charge in [0, 0.05) is 32.1 Å². The van der Waals surface area contributed by atoms with Crippen LogP contribution < -0.4 is 0 Å². The van der Waals surface area contributed by atoms with Crippen molar-refractivity contribution < 1.29 is 24.2 Å². The summed E-state index contributed by atoms with van der Waals surface area (Å²) < 4.78 is 11.4. The van der Waals surface area contributed by atoms with E-state index in [1.54, 1.807) is 0 Å². The molecule has 5 heteroatoms. The minimum Gasteiger partial charge on any atom is -0.462 e. The molecule has 4 aliphatic carbocycles. The second-order valence-corrected chi connectivity index (χ2v) is 10.5. The maximum absolute atomic E-state index is 12.0. The number of hydrogen-bond donors (Lipinski definition) is 1. The molecule has 3 saturated carbocycles. The van der Waals surface area contributed by atoms with E-state index in [2.05, 4.69) is 26.0 Å². The standard InChI is InChI=1S/C25H36O5/c1-14(26)20-8-9-21-19-7-6-17-12-18(29-15(2)27)13-23(30-16(3)28)25(17,5)22(19)10-11-24(20,21)4/h6-7,14,18,20-23,26H,8-13H2,1-5H3/t14?,18?,20-,21+,22+,23?,24-,25+/m1/s1. The summed E-state index contributed by atoms with van der Waals surface area (Å²) in [5.74, 6) is 0.560. The zero-order valence-electron chi connectivity index (χ0n) is 18.9. The van der Waals surface area contributed by atoms with E-state index in [1.807, 2.05) is 6.92 Å². The fourth-order valence-electron chi connectivity index (χ4n) is 7.53. The van der Waals surface area contributed by atoms with Crippen LogP contribution in [0.3, 0.4) is 0 Å². The first-order valence-electron chi connectivity index (χ1n) is 11.5. The number of carbonyl (C=O) groups excluding carboxylic acids is 2. The van der Waals surface area contributed by atoms with Gasteiger partial charge in [-0.2, -0.15) is 0 Å². The summed E-state index contributed by atoms with van der Waals surface area (Å²) in [6, 6.07) is 0. The lowest BCUT2D eigenvalue weighted by molar-refractivity contribution is -0.165. The first kappa shape index (κ1) is 21.6. The number of ether oxygens (including phenoxy) is 2. The lowest BCUT2D eigenvalue weighted by Crippen LogP contribution is -2.54. The molecule has 0 aromatic carbocycles. The van der Waals surface area contributed by atoms with Gasteiger partial charge in [-0.25, -0.2) is 0 Å². The molecule has 0 heterocycles. The summed E-state index contributed by atoms with van der Waals surface area (Å²) in [6.45, 7) is 9.44. The van der Waals surface area contributed by atoms with Crippen LogP contribution in [-0.2, 0) is 19.1 Å². The van der Waals surface area contributed by atoms with Crippen LogP contribution in [0.5, 0.6) is 0 Å². The van der Waals surface area contributed by atoms with Gasteiger partial charge in [0.1, 0.15) is 12.2 Å². The van der Waals surface area contributed by atoms with Gasteiger partial charge in [-0.05, 0) is 55.8 Å². The second kappa shape index (κ2) is 7.51. The van der Waals surface area contributed by atoms with Crippen molar-refractivity contribution in [2.24, 2.45) is 28.6 Å². The average molecular weight is 417 g/mol. The third-order valence-corrected chi connectivity index (χ3v) is 8.90. The van der Waals surface area contributed by atoms with Crippen molar-refractivity contribution >= 4 is 11.9 Å². The number of rotatable bonds is 3. The van der Waals surface area contributed by atoms with Gasteiger partial charge in [0.25, 0.3) is 0 Å². The Morgan fingerprint density at radius 3 is 2.40 bits per heavy atom. The molecule has 0 aliphatic heterocycles. The second-order valence-electron chi connectivity index (χ2n) is 10.5. The Balaban J connectivity index is 1.71. The molecule has 5 nitrogen and oxygen atoms in total. The van der Waals surface area contributed by atoms with Crippen LogP contribution in [0, 0.1) is 28.6 Å². The summed E-state index contributed by atoms with van der Waals surface area (Å²) in [7, 11) is 0. The van der Waals surface area contributed by atoms with Gasteiger partial charge < -0.3 is 14.6 Å². The van der Waals surface area contributed by atoms with Gasteiger partial charge in [0.05, 0.1) is 6.10 Å². The number of allylic oxidation sites excluding steroid dienone is 3. The minimum atomic E-state index is -0.300. The molecule has 0 bridgehead atoms. The minimum absolute atomic E-state index is 0.129. The highest BCUT2D eigenvalue weighted by Gasteiger charge is 2.60. The van der Waals surface area contributed by atoms with Gasteiger partial charge in [-0.15, -0.1) is 0 Å². The van der Waals surface area contributed by atoms with Gasteiger partial charge in [-0.1, -0.05) is 37.1 Å². The molecule has 0 spiro atoms. The molecule has 4 aliphatic rings. The Labute approximate surface area is 179 Å². The lowest BCUT2D eigenvalue weighted by atomic mass is 9.49. The van der Waals surface area contributed by atoms with Gasteiger partial charge >= 0.3 is 11.9 Å². The highest BCUT2D eigenvalue weighted by Crippen LogP contribution is 2.65. The highest BCUT2D eigenvalue weighted by atomic mass is 16.6. The van der Waals surface area contributed by atoms with E-state index in [-0.39, 0.29) is 41.1 Å². The lowest BCUT2D eigenvalue weighted by Gasteiger charge is -2.57. The van der Waals surface area contributed by atoms with E-state index in [0.29, 0.717) is 30.6 Å². The molecule has 4 rings (SSSR count). The van der Waals surface area contributed by atoms with Crippen LogP contribution in [-0.4, -0.2) is 35.4 Å². The number of fused-ring (bicyclic) bond motifs is 5. The van der Waals surface area contributed by atoms with Crippen molar-refractivity contribution in [3.05, 3.63) is 23.3 Å². The number of hydrogen-bond acceptors (Lipinski definition) is 5. The molecule has 30 heavy (non-hydrogen) atoms. The number of aliphatic hydroxyl groups excluding tert-OH is 1. The first-order valence-corrected chi connectivity index (χ1v) is 11.5. The van der Waals surface area contributed by atoms with Crippen LogP contribution in [0.2, 0.25) is 0 Å². The molecule has 8 atom stereocenters. The molecule has 0 aromatic heterocycles. The third-order valence-electron chi connectivity index (χ3n) is 8.90. The molecule has 0 radical (unpaired) electrons. The number of aliphatic hydroxyl groups is 1.